The molecule has 0 saturated carbocycles. The number of ether oxygens (including phenoxy) is 2. The fraction of sp³-hybridized carbons (Fsp3) is 0.269. The first-order valence-electron chi connectivity index (χ1n) is 10.4. The van der Waals surface area contributed by atoms with E-state index in [0.717, 1.165) is 5.57 Å². The number of rotatable bonds is 4. The third kappa shape index (κ3) is 3.62. The van der Waals surface area contributed by atoms with E-state index in [4.69, 9.17) is 13.9 Å². The van der Waals surface area contributed by atoms with E-state index in [9.17, 15) is 15.0 Å². The van der Waals surface area contributed by atoms with Crippen molar-refractivity contribution in [1.82, 2.24) is 0 Å². The normalized spacial score (nSPS) is 14.9. The van der Waals surface area contributed by atoms with E-state index in [0.29, 0.717) is 28.4 Å². The van der Waals surface area contributed by atoms with Crippen LogP contribution >= 0.6 is 0 Å². The second kappa shape index (κ2) is 8.11. The van der Waals surface area contributed by atoms with E-state index in [-0.39, 0.29) is 33.9 Å². The minimum absolute atomic E-state index is 0.0117. The van der Waals surface area contributed by atoms with Crippen molar-refractivity contribution < 1.29 is 24.1 Å². The van der Waals surface area contributed by atoms with Gasteiger partial charge in [0.25, 0.3) is 0 Å². The van der Waals surface area contributed by atoms with Crippen molar-refractivity contribution in [2.24, 2.45) is 5.92 Å². The molecule has 6 heteroatoms. The highest BCUT2D eigenvalue weighted by Gasteiger charge is 2.32. The summed E-state index contributed by atoms with van der Waals surface area (Å²) in [7, 11) is 1.57. The molecule has 1 aromatic heterocycles. The van der Waals surface area contributed by atoms with Crippen LogP contribution in [0.1, 0.15) is 44.9 Å². The monoisotopic (exact) mass is 434 g/mol. The second-order valence-corrected chi connectivity index (χ2v) is 8.45. The van der Waals surface area contributed by atoms with E-state index >= 15 is 0 Å². The van der Waals surface area contributed by atoms with Gasteiger partial charge in [0.15, 0.2) is 0 Å². The minimum Gasteiger partial charge on any atom is -0.507 e. The van der Waals surface area contributed by atoms with Crippen LogP contribution in [0.15, 0.2) is 51.2 Å². The summed E-state index contributed by atoms with van der Waals surface area (Å²) in [4.78, 5) is 13.7. The van der Waals surface area contributed by atoms with Crippen molar-refractivity contribution in [1.29, 1.82) is 0 Å². The molecule has 3 aromatic rings. The Balaban J connectivity index is 2.07. The average molecular weight is 434 g/mol. The van der Waals surface area contributed by atoms with Crippen molar-refractivity contribution >= 4 is 17.0 Å². The molecule has 6 nitrogen and oxygen atoms in total. The lowest BCUT2D eigenvalue weighted by molar-refractivity contribution is 0.243. The number of fused-ring (bicyclic) bond motifs is 4. The molecule has 0 spiro atoms. The van der Waals surface area contributed by atoms with Gasteiger partial charge in [0.1, 0.15) is 45.8 Å². The Morgan fingerprint density at radius 3 is 2.59 bits per heavy atom. The van der Waals surface area contributed by atoms with Gasteiger partial charge in [0.05, 0.1) is 23.8 Å². The van der Waals surface area contributed by atoms with Crippen LogP contribution in [-0.4, -0.2) is 17.3 Å². The Bertz CT molecular complexity index is 1320. The predicted octanol–water partition coefficient (Wildman–Crippen LogP) is 5.95. The van der Waals surface area contributed by atoms with Crippen molar-refractivity contribution in [3.8, 4) is 34.3 Å². The fourth-order valence-corrected chi connectivity index (χ4v) is 3.79. The molecule has 166 valence electrons. The molecule has 0 aliphatic carbocycles. The Hall–Kier alpha value is -3.67. The average Bonchev–Trinajstić information content (AvgIpc) is 2.72. The van der Waals surface area contributed by atoms with E-state index in [2.05, 4.69) is 0 Å². The number of hydrogen-bond acceptors (Lipinski definition) is 6. The van der Waals surface area contributed by atoms with E-state index < -0.39 is 11.5 Å². The molecule has 0 radical (unpaired) electrons. The highest BCUT2D eigenvalue weighted by atomic mass is 16.5. The second-order valence-electron chi connectivity index (χ2n) is 8.45. The summed E-state index contributed by atoms with van der Waals surface area (Å²) in [6.45, 7) is 7.78. The molecule has 0 bridgehead atoms. The summed E-state index contributed by atoms with van der Waals surface area (Å²) in [6.07, 6.45) is 4.58. The Morgan fingerprint density at radius 2 is 1.94 bits per heavy atom. The summed E-state index contributed by atoms with van der Waals surface area (Å²) in [5.74, 6) is 1.20. The first-order valence-corrected chi connectivity index (χ1v) is 10.4. The molecule has 32 heavy (non-hydrogen) atoms. The lowest BCUT2D eigenvalue weighted by atomic mass is 9.94. The van der Waals surface area contributed by atoms with Gasteiger partial charge >= 0.3 is 0 Å². The van der Waals surface area contributed by atoms with Crippen LogP contribution in [0, 0.1) is 5.92 Å². The molecule has 1 aliphatic heterocycles. The van der Waals surface area contributed by atoms with E-state index in [1.807, 2.05) is 39.8 Å². The number of allylic oxidation sites excluding steroid dienone is 2. The topological polar surface area (TPSA) is 89.1 Å². The van der Waals surface area contributed by atoms with Crippen LogP contribution in [-0.2, 0) is 0 Å². The molecule has 4 rings (SSSR count). The van der Waals surface area contributed by atoms with E-state index in [1.54, 1.807) is 31.4 Å². The molecule has 2 aromatic carbocycles. The Labute approximate surface area is 186 Å². The first kappa shape index (κ1) is 21.6. The first-order chi connectivity index (χ1) is 15.2. The van der Waals surface area contributed by atoms with Gasteiger partial charge in [-0.3, -0.25) is 4.79 Å². The minimum atomic E-state index is -0.696. The van der Waals surface area contributed by atoms with Gasteiger partial charge in [-0.25, -0.2) is 0 Å². The van der Waals surface area contributed by atoms with Gasteiger partial charge in [0, 0.05) is 12.1 Å². The molecular formula is C26H26O6. The van der Waals surface area contributed by atoms with Crippen LogP contribution in [0.4, 0.5) is 0 Å². The molecule has 2 heterocycles. The standard InChI is InChI=1S/C26H26O6/c1-13(2)6-8-16-18(27)12-21-22(24(16)28)25(29)23-20(10-14(3)4)31-19-11-15(30-5)7-9-17(19)26(23)32-21/h6-13,20,27-28H,1-5H3/b8-6+. The van der Waals surface area contributed by atoms with Crippen LogP contribution in [0.2, 0.25) is 0 Å². The summed E-state index contributed by atoms with van der Waals surface area (Å²) < 4.78 is 17.6. The van der Waals surface area contributed by atoms with Gasteiger partial charge in [-0.2, -0.15) is 0 Å². The third-order valence-electron chi connectivity index (χ3n) is 5.31. The Morgan fingerprint density at radius 1 is 1.19 bits per heavy atom. The largest absolute Gasteiger partial charge is 0.507 e. The smallest absolute Gasteiger partial charge is 0.204 e. The Kier molecular flexibility index (Phi) is 5.46. The van der Waals surface area contributed by atoms with Gasteiger partial charge in [-0.05, 0) is 38.0 Å². The molecule has 1 atom stereocenters. The summed E-state index contributed by atoms with van der Waals surface area (Å²) in [5.41, 5.74) is 1.74. The number of aromatic hydroxyl groups is 2. The SMILES string of the molecule is COc1ccc2c(c1)OC(C=C(C)C)c1c-2oc2cc(O)c(/C=C/C(C)C)c(O)c2c1=O. The molecule has 1 aliphatic rings. The van der Waals surface area contributed by atoms with Gasteiger partial charge in [0.2, 0.25) is 5.43 Å². The van der Waals surface area contributed by atoms with Crippen LogP contribution in [0.25, 0.3) is 28.4 Å². The van der Waals surface area contributed by atoms with Crippen molar-refractivity contribution in [2.75, 3.05) is 7.11 Å². The maximum absolute atomic E-state index is 13.7. The number of phenolic OH excluding ortho intramolecular Hbond substituents is 2. The predicted molar refractivity (Wildman–Crippen MR) is 124 cm³/mol. The molecule has 0 fully saturated rings. The summed E-state index contributed by atoms with van der Waals surface area (Å²) >= 11 is 0. The zero-order chi connectivity index (χ0) is 23.2. The third-order valence-corrected chi connectivity index (χ3v) is 5.31. The van der Waals surface area contributed by atoms with Crippen molar-refractivity contribution in [2.45, 2.75) is 33.8 Å². The molecule has 1 unspecified atom stereocenters. The fourth-order valence-electron chi connectivity index (χ4n) is 3.79. The number of phenols is 2. The van der Waals surface area contributed by atoms with Gasteiger partial charge < -0.3 is 24.1 Å². The van der Waals surface area contributed by atoms with Crippen LogP contribution in [0.3, 0.4) is 0 Å². The van der Waals surface area contributed by atoms with Crippen molar-refractivity contribution in [3.63, 3.8) is 0 Å². The van der Waals surface area contributed by atoms with Crippen LogP contribution < -0.4 is 14.9 Å². The summed E-state index contributed by atoms with van der Waals surface area (Å²) in [5, 5.41) is 21.4. The maximum Gasteiger partial charge on any atom is 0.204 e. The molecule has 2 N–H and O–H groups in total. The van der Waals surface area contributed by atoms with Gasteiger partial charge in [-0.1, -0.05) is 31.6 Å². The highest BCUT2D eigenvalue weighted by molar-refractivity contribution is 5.92. The molecule has 0 amide bonds. The van der Waals surface area contributed by atoms with Gasteiger partial charge in [-0.15, -0.1) is 0 Å². The molecular weight excluding hydrogens is 408 g/mol. The zero-order valence-corrected chi connectivity index (χ0v) is 18.7. The molecule has 0 saturated heterocycles. The maximum atomic E-state index is 13.7. The number of hydrogen-bond donors (Lipinski definition) is 2. The van der Waals surface area contributed by atoms with Crippen LogP contribution in [0.5, 0.6) is 23.0 Å². The van der Waals surface area contributed by atoms with E-state index in [1.165, 1.54) is 6.07 Å². The van der Waals surface area contributed by atoms with Crippen molar-refractivity contribution in [3.05, 3.63) is 63.3 Å². The number of benzene rings is 2. The zero-order valence-electron chi connectivity index (χ0n) is 18.7. The lowest BCUT2D eigenvalue weighted by Gasteiger charge is -2.26. The lowest BCUT2D eigenvalue weighted by Crippen LogP contribution is -2.22. The summed E-state index contributed by atoms with van der Waals surface area (Å²) in [6, 6.07) is 6.63. The number of methoxy groups -OCH3 is 1. The highest BCUT2D eigenvalue weighted by Crippen LogP contribution is 2.46. The quantitative estimate of drug-likeness (QED) is 0.493.